The number of ether oxygens (including phenoxy) is 1. The predicted molar refractivity (Wildman–Crippen MR) is 87.1 cm³/mol. The summed E-state index contributed by atoms with van der Waals surface area (Å²) < 4.78 is 4.90. The Bertz CT molecular complexity index is 744. The lowest BCUT2D eigenvalue weighted by Crippen LogP contribution is -2.30. The molecule has 1 amide bonds. The highest BCUT2D eigenvalue weighted by molar-refractivity contribution is 6.30. The third kappa shape index (κ3) is 3.26. The molecule has 3 rings (SSSR count). The summed E-state index contributed by atoms with van der Waals surface area (Å²) >= 11 is 5.91. The van der Waals surface area contributed by atoms with Gasteiger partial charge < -0.3 is 9.64 Å². The molecule has 1 fully saturated rings. The molecule has 1 aliphatic heterocycles. The molecule has 8 heteroatoms. The largest absolute Gasteiger partial charge is 0.461 e. The Labute approximate surface area is 143 Å². The molecule has 1 aromatic carbocycles. The summed E-state index contributed by atoms with van der Waals surface area (Å²) in [6, 6.07) is 7.64. The van der Waals surface area contributed by atoms with E-state index in [9.17, 15) is 9.59 Å². The van der Waals surface area contributed by atoms with E-state index in [0.717, 1.165) is 12.0 Å². The highest BCUT2D eigenvalue weighted by Gasteiger charge is 2.32. The molecule has 1 saturated heterocycles. The Hall–Kier alpha value is -2.41. The van der Waals surface area contributed by atoms with Crippen LogP contribution in [0.2, 0.25) is 5.02 Å². The number of esters is 1. The van der Waals surface area contributed by atoms with E-state index in [-0.39, 0.29) is 29.8 Å². The maximum Gasteiger partial charge on any atom is 0.361 e. The fraction of sp³-hybridized carbons (Fsp3) is 0.375. The molecule has 0 spiro atoms. The normalized spacial score (nSPS) is 17.1. The molecule has 24 heavy (non-hydrogen) atoms. The SMILES string of the molecule is CCOC(=O)c1n[nH]nc1C(=O)N1CCC(c2ccc(Cl)cc2)C1. The number of halogens is 1. The standard InChI is InChI=1S/C16H17ClN4O3/c1-2-24-16(23)14-13(18-20-19-14)15(22)21-8-7-11(9-21)10-3-5-12(17)6-4-10/h3-6,11H,2,7-9H2,1H3,(H,18,19,20). The topological polar surface area (TPSA) is 88.2 Å². The molecule has 1 aliphatic rings. The summed E-state index contributed by atoms with van der Waals surface area (Å²) in [7, 11) is 0. The number of nitrogens with one attached hydrogen (secondary N) is 1. The van der Waals surface area contributed by atoms with Crippen molar-refractivity contribution in [1.29, 1.82) is 0 Å². The predicted octanol–water partition coefficient (Wildman–Crippen LogP) is 2.26. The van der Waals surface area contributed by atoms with Crippen LogP contribution in [0.15, 0.2) is 24.3 Å². The molecular weight excluding hydrogens is 332 g/mol. The number of hydrogen-bond donors (Lipinski definition) is 1. The van der Waals surface area contributed by atoms with Crippen molar-refractivity contribution in [3.05, 3.63) is 46.2 Å². The quantitative estimate of drug-likeness (QED) is 0.856. The zero-order chi connectivity index (χ0) is 17.1. The van der Waals surface area contributed by atoms with E-state index in [1.54, 1.807) is 11.8 Å². The molecule has 0 aliphatic carbocycles. The smallest absolute Gasteiger partial charge is 0.361 e. The molecule has 1 unspecified atom stereocenters. The Morgan fingerprint density at radius 3 is 2.71 bits per heavy atom. The number of rotatable bonds is 4. The molecular formula is C16H17ClN4O3. The summed E-state index contributed by atoms with van der Waals surface area (Å²) in [5.41, 5.74) is 1.07. The van der Waals surface area contributed by atoms with Gasteiger partial charge >= 0.3 is 5.97 Å². The first-order valence-electron chi connectivity index (χ1n) is 7.72. The number of benzene rings is 1. The van der Waals surface area contributed by atoms with Gasteiger partial charge in [-0.15, -0.1) is 10.2 Å². The number of aromatic nitrogens is 3. The van der Waals surface area contributed by atoms with Gasteiger partial charge in [-0.3, -0.25) is 4.79 Å². The van der Waals surface area contributed by atoms with E-state index < -0.39 is 5.97 Å². The number of likely N-dealkylation sites (tertiary alicyclic amines) is 1. The van der Waals surface area contributed by atoms with E-state index in [2.05, 4.69) is 15.4 Å². The Balaban J connectivity index is 1.72. The van der Waals surface area contributed by atoms with Gasteiger partial charge in [0.25, 0.3) is 5.91 Å². The van der Waals surface area contributed by atoms with Crippen LogP contribution in [-0.4, -0.2) is 51.9 Å². The minimum Gasteiger partial charge on any atom is -0.461 e. The van der Waals surface area contributed by atoms with Gasteiger partial charge in [-0.2, -0.15) is 5.21 Å². The fourth-order valence-corrected chi connectivity index (χ4v) is 2.95. The molecule has 0 saturated carbocycles. The summed E-state index contributed by atoms with van der Waals surface area (Å²) in [4.78, 5) is 26.2. The van der Waals surface area contributed by atoms with Crippen molar-refractivity contribution < 1.29 is 14.3 Å². The van der Waals surface area contributed by atoms with Crippen LogP contribution in [0.1, 0.15) is 45.8 Å². The van der Waals surface area contributed by atoms with Crippen LogP contribution in [0.3, 0.4) is 0 Å². The Kier molecular flexibility index (Phi) is 4.80. The van der Waals surface area contributed by atoms with Crippen molar-refractivity contribution in [1.82, 2.24) is 20.3 Å². The van der Waals surface area contributed by atoms with Gasteiger partial charge in [-0.05, 0) is 31.0 Å². The van der Waals surface area contributed by atoms with Gasteiger partial charge in [0, 0.05) is 24.0 Å². The first kappa shape index (κ1) is 16.4. The Morgan fingerprint density at radius 1 is 1.29 bits per heavy atom. The fourth-order valence-electron chi connectivity index (χ4n) is 2.82. The first-order chi connectivity index (χ1) is 11.6. The second-order valence-corrected chi connectivity index (χ2v) is 5.97. The molecule has 2 aromatic rings. The van der Waals surface area contributed by atoms with E-state index >= 15 is 0 Å². The third-order valence-electron chi connectivity index (χ3n) is 4.04. The van der Waals surface area contributed by atoms with Crippen molar-refractivity contribution >= 4 is 23.5 Å². The molecule has 7 nitrogen and oxygen atoms in total. The minimum absolute atomic E-state index is 0.00482. The van der Waals surface area contributed by atoms with E-state index in [1.807, 2.05) is 24.3 Å². The zero-order valence-corrected chi connectivity index (χ0v) is 13.9. The van der Waals surface area contributed by atoms with Crippen LogP contribution >= 0.6 is 11.6 Å². The number of H-pyrrole nitrogens is 1. The number of carbonyl (C=O) groups excluding carboxylic acids is 2. The molecule has 126 valence electrons. The zero-order valence-electron chi connectivity index (χ0n) is 13.2. The lowest BCUT2D eigenvalue weighted by Gasteiger charge is -2.15. The third-order valence-corrected chi connectivity index (χ3v) is 4.29. The molecule has 0 bridgehead atoms. The molecule has 1 atom stereocenters. The lowest BCUT2D eigenvalue weighted by atomic mass is 9.99. The minimum atomic E-state index is -0.650. The Morgan fingerprint density at radius 2 is 2.00 bits per heavy atom. The van der Waals surface area contributed by atoms with E-state index in [0.29, 0.717) is 18.1 Å². The van der Waals surface area contributed by atoms with Crippen molar-refractivity contribution in [3.8, 4) is 0 Å². The molecule has 1 aromatic heterocycles. The van der Waals surface area contributed by atoms with Crippen LogP contribution in [-0.2, 0) is 4.74 Å². The number of nitrogens with zero attached hydrogens (tertiary/aromatic N) is 3. The van der Waals surface area contributed by atoms with Gasteiger partial charge in [-0.1, -0.05) is 23.7 Å². The molecule has 2 heterocycles. The highest BCUT2D eigenvalue weighted by Crippen LogP contribution is 2.29. The van der Waals surface area contributed by atoms with Crippen LogP contribution < -0.4 is 0 Å². The van der Waals surface area contributed by atoms with Crippen molar-refractivity contribution in [2.75, 3.05) is 19.7 Å². The number of hydrogen-bond acceptors (Lipinski definition) is 5. The van der Waals surface area contributed by atoms with Gasteiger partial charge in [0.05, 0.1) is 6.61 Å². The van der Waals surface area contributed by atoms with Crippen LogP contribution in [0.5, 0.6) is 0 Å². The number of amides is 1. The maximum absolute atomic E-state index is 12.6. The highest BCUT2D eigenvalue weighted by atomic mass is 35.5. The summed E-state index contributed by atoms with van der Waals surface area (Å²) in [5, 5.41) is 10.6. The van der Waals surface area contributed by atoms with Crippen LogP contribution in [0.25, 0.3) is 0 Å². The van der Waals surface area contributed by atoms with Crippen LogP contribution in [0.4, 0.5) is 0 Å². The lowest BCUT2D eigenvalue weighted by molar-refractivity contribution is 0.0512. The summed E-state index contributed by atoms with van der Waals surface area (Å²) in [6.07, 6.45) is 0.847. The molecule has 0 radical (unpaired) electrons. The average Bonchev–Trinajstić information content (AvgIpc) is 3.25. The monoisotopic (exact) mass is 348 g/mol. The maximum atomic E-state index is 12.6. The number of carbonyl (C=O) groups is 2. The van der Waals surface area contributed by atoms with E-state index in [1.165, 1.54) is 0 Å². The van der Waals surface area contributed by atoms with Gasteiger partial charge in [-0.25, -0.2) is 4.79 Å². The second kappa shape index (κ2) is 7.00. The molecule has 1 N–H and O–H groups in total. The van der Waals surface area contributed by atoms with Crippen LogP contribution in [0, 0.1) is 0 Å². The van der Waals surface area contributed by atoms with E-state index in [4.69, 9.17) is 16.3 Å². The van der Waals surface area contributed by atoms with Crippen molar-refractivity contribution in [2.45, 2.75) is 19.3 Å². The summed E-state index contributed by atoms with van der Waals surface area (Å²) in [5.74, 6) is -0.726. The van der Waals surface area contributed by atoms with Gasteiger partial charge in [0.1, 0.15) is 0 Å². The van der Waals surface area contributed by atoms with Gasteiger partial charge in [0.15, 0.2) is 5.69 Å². The first-order valence-corrected chi connectivity index (χ1v) is 8.10. The average molecular weight is 349 g/mol. The number of aromatic amines is 1. The van der Waals surface area contributed by atoms with Crippen molar-refractivity contribution in [2.24, 2.45) is 0 Å². The van der Waals surface area contributed by atoms with Crippen molar-refractivity contribution in [3.63, 3.8) is 0 Å². The van der Waals surface area contributed by atoms with Gasteiger partial charge in [0.2, 0.25) is 5.69 Å². The summed E-state index contributed by atoms with van der Waals surface area (Å²) in [6.45, 7) is 3.06. The second-order valence-electron chi connectivity index (χ2n) is 5.53.